The van der Waals surface area contributed by atoms with Gasteiger partial charge in [-0.15, -0.1) is 0 Å². The fourth-order valence-electron chi connectivity index (χ4n) is 2.01. The van der Waals surface area contributed by atoms with Crippen LogP contribution in [0.2, 0.25) is 0 Å². The van der Waals surface area contributed by atoms with Crippen molar-refractivity contribution in [2.24, 2.45) is 4.99 Å². The van der Waals surface area contributed by atoms with Crippen molar-refractivity contribution in [3.8, 4) is 11.5 Å². The Bertz CT molecular complexity index is 495. The molecule has 0 radical (unpaired) electrons. The van der Waals surface area contributed by atoms with Gasteiger partial charge in [0.25, 0.3) is 0 Å². The molecule has 0 aliphatic heterocycles. The number of ether oxygens (including phenoxy) is 4. The maximum atomic E-state index is 5.43. The number of hydrogen-bond acceptors (Lipinski definition) is 5. The molecule has 0 spiro atoms. The lowest BCUT2D eigenvalue weighted by molar-refractivity contribution is 0.0689. The summed E-state index contributed by atoms with van der Waals surface area (Å²) < 4.78 is 20.9. The zero-order valence-electron chi connectivity index (χ0n) is 15.1. The third-order valence-corrected chi connectivity index (χ3v) is 3.31. The number of benzene rings is 1. The van der Waals surface area contributed by atoms with E-state index in [2.05, 4.69) is 15.6 Å². The van der Waals surface area contributed by atoms with Crippen LogP contribution in [-0.4, -0.2) is 60.7 Å². The minimum Gasteiger partial charge on any atom is -0.493 e. The Balaban J connectivity index is 2.32. The van der Waals surface area contributed by atoms with Crippen molar-refractivity contribution in [3.05, 3.63) is 18.2 Å². The van der Waals surface area contributed by atoms with Crippen molar-refractivity contribution in [1.29, 1.82) is 0 Å². The number of nitrogens with zero attached hydrogens (tertiary/aromatic N) is 1. The highest BCUT2D eigenvalue weighted by Crippen LogP contribution is 2.29. The van der Waals surface area contributed by atoms with Gasteiger partial charge >= 0.3 is 0 Å². The molecule has 1 rings (SSSR count). The first-order valence-electron chi connectivity index (χ1n) is 8.01. The van der Waals surface area contributed by atoms with E-state index in [-0.39, 0.29) is 0 Å². The van der Waals surface area contributed by atoms with E-state index in [0.29, 0.717) is 30.7 Å². The molecule has 0 aliphatic carbocycles. The van der Waals surface area contributed by atoms with E-state index in [0.717, 1.165) is 31.7 Å². The molecule has 1 aromatic carbocycles. The molecule has 0 aromatic heterocycles. The second kappa shape index (κ2) is 12.4. The normalized spacial score (nSPS) is 11.2. The quantitative estimate of drug-likeness (QED) is 0.366. The van der Waals surface area contributed by atoms with Crippen LogP contribution in [0, 0.1) is 0 Å². The van der Waals surface area contributed by atoms with Crippen molar-refractivity contribution in [2.75, 3.05) is 60.1 Å². The maximum Gasteiger partial charge on any atom is 0.195 e. The lowest BCUT2D eigenvalue weighted by atomic mass is 10.2. The van der Waals surface area contributed by atoms with Crippen molar-refractivity contribution in [1.82, 2.24) is 5.32 Å². The van der Waals surface area contributed by atoms with Crippen LogP contribution >= 0.6 is 0 Å². The summed E-state index contributed by atoms with van der Waals surface area (Å²) in [4.78, 5) is 4.21. The van der Waals surface area contributed by atoms with E-state index < -0.39 is 0 Å². The zero-order valence-corrected chi connectivity index (χ0v) is 15.1. The fourth-order valence-corrected chi connectivity index (χ4v) is 2.01. The first kappa shape index (κ1) is 20.1. The van der Waals surface area contributed by atoms with Gasteiger partial charge in [0.15, 0.2) is 17.5 Å². The molecule has 0 unspecified atom stereocenters. The molecule has 0 amide bonds. The van der Waals surface area contributed by atoms with E-state index >= 15 is 0 Å². The molecule has 2 N–H and O–H groups in total. The summed E-state index contributed by atoms with van der Waals surface area (Å²) in [5.74, 6) is 2.08. The third kappa shape index (κ3) is 7.52. The highest BCUT2D eigenvalue weighted by molar-refractivity contribution is 5.93. The van der Waals surface area contributed by atoms with Gasteiger partial charge in [-0.1, -0.05) is 0 Å². The standard InChI is InChI=1S/C17H29N3O4/c1-18-17(19-9-5-6-10-24-12-11-21-2)20-14-7-8-15(22-3)16(13-14)23-4/h7-8,13H,5-6,9-12H2,1-4H3,(H2,18,19,20). The van der Waals surface area contributed by atoms with Crippen LogP contribution in [0.1, 0.15) is 12.8 Å². The smallest absolute Gasteiger partial charge is 0.195 e. The summed E-state index contributed by atoms with van der Waals surface area (Å²) in [6.07, 6.45) is 1.99. The first-order chi connectivity index (χ1) is 11.7. The molecular weight excluding hydrogens is 310 g/mol. The topological polar surface area (TPSA) is 73.3 Å². The van der Waals surface area contributed by atoms with Crippen LogP contribution < -0.4 is 20.1 Å². The predicted octanol–water partition coefficient (Wildman–Crippen LogP) is 2.13. The first-order valence-corrected chi connectivity index (χ1v) is 8.01. The number of unbranched alkanes of at least 4 members (excludes halogenated alkanes) is 1. The lowest BCUT2D eigenvalue weighted by Gasteiger charge is -2.14. The van der Waals surface area contributed by atoms with E-state index in [1.54, 1.807) is 28.4 Å². The molecule has 1 aromatic rings. The molecule has 7 nitrogen and oxygen atoms in total. The third-order valence-electron chi connectivity index (χ3n) is 3.31. The molecule has 0 saturated heterocycles. The Morgan fingerprint density at radius 2 is 1.79 bits per heavy atom. The van der Waals surface area contributed by atoms with Gasteiger partial charge in [-0.2, -0.15) is 0 Å². The lowest BCUT2D eigenvalue weighted by Crippen LogP contribution is -2.31. The Hall–Kier alpha value is -1.99. The second-order valence-electron chi connectivity index (χ2n) is 5.01. The Morgan fingerprint density at radius 1 is 1.00 bits per heavy atom. The Morgan fingerprint density at radius 3 is 2.46 bits per heavy atom. The van der Waals surface area contributed by atoms with E-state index in [1.165, 1.54) is 0 Å². The molecule has 0 fully saturated rings. The van der Waals surface area contributed by atoms with Crippen LogP contribution in [0.4, 0.5) is 5.69 Å². The van der Waals surface area contributed by atoms with Crippen molar-refractivity contribution in [3.63, 3.8) is 0 Å². The van der Waals surface area contributed by atoms with E-state index in [4.69, 9.17) is 18.9 Å². The number of anilines is 1. The predicted molar refractivity (Wildman–Crippen MR) is 96.5 cm³/mol. The van der Waals surface area contributed by atoms with E-state index in [1.807, 2.05) is 18.2 Å². The summed E-state index contributed by atoms with van der Waals surface area (Å²) in [7, 11) is 6.64. The summed E-state index contributed by atoms with van der Waals surface area (Å²) >= 11 is 0. The molecule has 0 atom stereocenters. The maximum absolute atomic E-state index is 5.43. The minimum atomic E-state index is 0.639. The largest absolute Gasteiger partial charge is 0.493 e. The number of hydrogen-bond donors (Lipinski definition) is 2. The Labute approximate surface area is 144 Å². The molecule has 0 saturated carbocycles. The second-order valence-corrected chi connectivity index (χ2v) is 5.01. The van der Waals surface area contributed by atoms with Crippen LogP contribution in [0.25, 0.3) is 0 Å². The zero-order chi connectivity index (χ0) is 17.6. The number of aliphatic imine (C=N–C) groups is 1. The van der Waals surface area contributed by atoms with Crippen LogP contribution in [-0.2, 0) is 9.47 Å². The van der Waals surface area contributed by atoms with Gasteiger partial charge in [-0.05, 0) is 25.0 Å². The molecule has 136 valence electrons. The van der Waals surface area contributed by atoms with Gasteiger partial charge in [0.2, 0.25) is 0 Å². The highest BCUT2D eigenvalue weighted by atomic mass is 16.5. The summed E-state index contributed by atoms with van der Waals surface area (Å²) in [5.41, 5.74) is 0.878. The molecule has 0 heterocycles. The summed E-state index contributed by atoms with van der Waals surface area (Å²) in [6, 6.07) is 5.64. The minimum absolute atomic E-state index is 0.639. The molecule has 0 aliphatic rings. The van der Waals surface area contributed by atoms with Crippen LogP contribution in [0.15, 0.2) is 23.2 Å². The number of methoxy groups -OCH3 is 3. The van der Waals surface area contributed by atoms with Gasteiger partial charge in [0.05, 0.1) is 27.4 Å². The Kier molecular flexibility index (Phi) is 10.4. The van der Waals surface area contributed by atoms with Crippen molar-refractivity contribution >= 4 is 11.6 Å². The van der Waals surface area contributed by atoms with Crippen LogP contribution in [0.5, 0.6) is 11.5 Å². The summed E-state index contributed by atoms with van der Waals surface area (Å²) in [6.45, 7) is 2.85. The molecule has 24 heavy (non-hydrogen) atoms. The average molecular weight is 339 g/mol. The van der Waals surface area contributed by atoms with Crippen molar-refractivity contribution in [2.45, 2.75) is 12.8 Å². The number of nitrogens with one attached hydrogen (secondary N) is 2. The molecular formula is C17H29N3O4. The SMILES string of the molecule is CN=C(NCCCCOCCOC)Nc1ccc(OC)c(OC)c1. The van der Waals surface area contributed by atoms with Gasteiger partial charge in [-0.3, -0.25) is 4.99 Å². The fraction of sp³-hybridized carbons (Fsp3) is 0.588. The van der Waals surface area contributed by atoms with E-state index in [9.17, 15) is 0 Å². The van der Waals surface area contributed by atoms with Gasteiger partial charge in [0, 0.05) is 39.1 Å². The average Bonchev–Trinajstić information content (AvgIpc) is 2.62. The molecule has 0 bridgehead atoms. The van der Waals surface area contributed by atoms with Crippen LogP contribution in [0.3, 0.4) is 0 Å². The van der Waals surface area contributed by atoms with Gasteiger partial charge < -0.3 is 29.6 Å². The number of guanidine groups is 1. The van der Waals surface area contributed by atoms with Crippen molar-refractivity contribution < 1.29 is 18.9 Å². The molecule has 7 heteroatoms. The number of rotatable bonds is 11. The monoisotopic (exact) mass is 339 g/mol. The van der Waals surface area contributed by atoms with Gasteiger partial charge in [-0.25, -0.2) is 0 Å². The van der Waals surface area contributed by atoms with Gasteiger partial charge in [0.1, 0.15) is 0 Å². The summed E-state index contributed by atoms with van der Waals surface area (Å²) in [5, 5.41) is 6.50. The highest BCUT2D eigenvalue weighted by Gasteiger charge is 2.06.